The lowest BCUT2D eigenvalue weighted by Crippen LogP contribution is -2.44. The molecule has 2 heterocycles. The monoisotopic (exact) mass is 420 g/mol. The van der Waals surface area contributed by atoms with Crippen molar-refractivity contribution in [1.29, 1.82) is 0 Å². The van der Waals surface area contributed by atoms with Crippen molar-refractivity contribution in [3.05, 3.63) is 60.2 Å². The molecule has 2 aromatic rings. The number of rotatable bonds is 6. The van der Waals surface area contributed by atoms with E-state index in [4.69, 9.17) is 4.74 Å². The molecule has 2 aliphatic heterocycles. The number of carbonyl (C=O) groups excluding carboxylic acids is 2. The summed E-state index contributed by atoms with van der Waals surface area (Å²) in [5.41, 5.74) is 2.55. The van der Waals surface area contributed by atoms with Crippen molar-refractivity contribution in [2.75, 3.05) is 23.4 Å². The van der Waals surface area contributed by atoms with E-state index in [-0.39, 0.29) is 22.8 Å². The first kappa shape index (κ1) is 21.6. The fourth-order valence-corrected chi connectivity index (χ4v) is 5.17. The second kappa shape index (κ2) is 8.83. The summed E-state index contributed by atoms with van der Waals surface area (Å²) < 4.78 is 5.96. The van der Waals surface area contributed by atoms with E-state index in [0.29, 0.717) is 19.4 Å². The maximum Gasteiger partial charge on any atom is 0.227 e. The molecule has 2 saturated heterocycles. The Morgan fingerprint density at radius 3 is 2.48 bits per heavy atom. The standard InChI is InChI=1S/C26H32N2O3/c1-25(2)19-26(14-16-31-25,17-20-7-4-3-5-8-20)18-23(29)27-21-10-12-22(13-11-21)28-15-6-9-24(28)30/h3-5,7-8,10-13H,6,9,14-19H2,1-2H3,(H,27,29). The molecule has 0 spiro atoms. The van der Waals surface area contributed by atoms with Crippen LogP contribution in [0.15, 0.2) is 54.6 Å². The molecule has 1 atom stereocenters. The van der Waals surface area contributed by atoms with Crippen LogP contribution in [0, 0.1) is 5.41 Å². The Kier molecular flexibility index (Phi) is 6.15. The van der Waals surface area contributed by atoms with Gasteiger partial charge >= 0.3 is 0 Å². The van der Waals surface area contributed by atoms with Crippen LogP contribution < -0.4 is 10.2 Å². The second-order valence-electron chi connectivity index (χ2n) is 9.62. The topological polar surface area (TPSA) is 58.6 Å². The normalized spacial score (nSPS) is 23.0. The minimum Gasteiger partial charge on any atom is -0.376 e. The Morgan fingerprint density at radius 2 is 1.84 bits per heavy atom. The number of hydrogen-bond acceptors (Lipinski definition) is 3. The number of hydrogen-bond donors (Lipinski definition) is 1. The molecule has 1 N–H and O–H groups in total. The molecule has 31 heavy (non-hydrogen) atoms. The van der Waals surface area contributed by atoms with E-state index in [1.54, 1.807) is 0 Å². The van der Waals surface area contributed by atoms with E-state index in [9.17, 15) is 9.59 Å². The van der Waals surface area contributed by atoms with Gasteiger partial charge in [-0.25, -0.2) is 0 Å². The molecule has 0 bridgehead atoms. The molecule has 0 aliphatic carbocycles. The highest BCUT2D eigenvalue weighted by Gasteiger charge is 2.42. The molecule has 5 heteroatoms. The van der Waals surface area contributed by atoms with Crippen LogP contribution in [-0.4, -0.2) is 30.6 Å². The largest absolute Gasteiger partial charge is 0.376 e. The van der Waals surface area contributed by atoms with E-state index in [1.807, 2.05) is 35.2 Å². The molecule has 4 rings (SSSR count). The maximum absolute atomic E-state index is 13.1. The summed E-state index contributed by atoms with van der Waals surface area (Å²) in [4.78, 5) is 26.8. The van der Waals surface area contributed by atoms with E-state index >= 15 is 0 Å². The Hall–Kier alpha value is -2.66. The molecule has 0 saturated carbocycles. The molecule has 5 nitrogen and oxygen atoms in total. The average molecular weight is 421 g/mol. The van der Waals surface area contributed by atoms with Crippen molar-refractivity contribution in [1.82, 2.24) is 0 Å². The fourth-order valence-electron chi connectivity index (χ4n) is 5.17. The Morgan fingerprint density at radius 1 is 1.10 bits per heavy atom. The number of benzene rings is 2. The number of anilines is 2. The zero-order chi connectivity index (χ0) is 21.9. The van der Waals surface area contributed by atoms with Crippen molar-refractivity contribution >= 4 is 23.2 Å². The van der Waals surface area contributed by atoms with Crippen molar-refractivity contribution < 1.29 is 14.3 Å². The highest BCUT2D eigenvalue weighted by Crippen LogP contribution is 2.44. The van der Waals surface area contributed by atoms with E-state index in [2.05, 4.69) is 43.4 Å². The lowest BCUT2D eigenvalue weighted by Gasteiger charge is -2.45. The molecule has 1 unspecified atom stereocenters. The van der Waals surface area contributed by atoms with Crippen molar-refractivity contribution in [2.24, 2.45) is 5.41 Å². The van der Waals surface area contributed by atoms with Crippen LogP contribution in [0.5, 0.6) is 0 Å². The number of carbonyl (C=O) groups is 2. The van der Waals surface area contributed by atoms with Crippen LogP contribution in [0.4, 0.5) is 11.4 Å². The lowest BCUT2D eigenvalue weighted by molar-refractivity contribution is -0.129. The molecular weight excluding hydrogens is 388 g/mol. The summed E-state index contributed by atoms with van der Waals surface area (Å²) in [7, 11) is 0. The van der Waals surface area contributed by atoms with Crippen LogP contribution in [0.25, 0.3) is 0 Å². The second-order valence-corrected chi connectivity index (χ2v) is 9.62. The molecule has 2 amide bonds. The van der Waals surface area contributed by atoms with Gasteiger partial charge in [-0.15, -0.1) is 0 Å². The molecule has 2 aliphatic rings. The Balaban J connectivity index is 1.45. The minimum atomic E-state index is -0.239. The zero-order valence-corrected chi connectivity index (χ0v) is 18.5. The van der Waals surface area contributed by atoms with Crippen molar-refractivity contribution in [3.63, 3.8) is 0 Å². The smallest absolute Gasteiger partial charge is 0.227 e. The van der Waals surface area contributed by atoms with Crippen LogP contribution >= 0.6 is 0 Å². The van der Waals surface area contributed by atoms with Crippen molar-refractivity contribution in [2.45, 2.75) is 58.0 Å². The van der Waals surface area contributed by atoms with Gasteiger partial charge in [-0.05, 0) is 74.8 Å². The zero-order valence-electron chi connectivity index (χ0n) is 18.5. The van der Waals surface area contributed by atoms with Gasteiger partial charge in [0, 0.05) is 37.4 Å². The molecular formula is C26H32N2O3. The summed E-state index contributed by atoms with van der Waals surface area (Å²) in [6.45, 7) is 5.67. The maximum atomic E-state index is 13.1. The van der Waals surface area contributed by atoms with Crippen LogP contribution in [0.3, 0.4) is 0 Å². The summed E-state index contributed by atoms with van der Waals surface area (Å²) in [6.07, 6.45) is 4.56. The lowest BCUT2D eigenvalue weighted by atomic mass is 9.68. The minimum absolute atomic E-state index is 0.0265. The number of amides is 2. The van der Waals surface area contributed by atoms with Crippen LogP contribution in [0.2, 0.25) is 0 Å². The van der Waals surface area contributed by atoms with Gasteiger partial charge < -0.3 is 15.0 Å². The van der Waals surface area contributed by atoms with E-state index < -0.39 is 0 Å². The van der Waals surface area contributed by atoms with Gasteiger partial charge in [-0.1, -0.05) is 30.3 Å². The van der Waals surface area contributed by atoms with Gasteiger partial charge in [-0.2, -0.15) is 0 Å². The Bertz CT molecular complexity index is 923. The number of nitrogens with zero attached hydrogens (tertiary/aromatic N) is 1. The molecule has 2 fully saturated rings. The SMILES string of the molecule is CC1(C)CC(CC(=O)Nc2ccc(N3CCCC3=O)cc2)(Cc2ccccc2)CCO1. The van der Waals surface area contributed by atoms with Crippen LogP contribution in [0.1, 0.15) is 51.5 Å². The van der Waals surface area contributed by atoms with Crippen molar-refractivity contribution in [3.8, 4) is 0 Å². The Labute approximate surface area is 184 Å². The first-order valence-electron chi connectivity index (χ1n) is 11.2. The van der Waals surface area contributed by atoms with Gasteiger partial charge in [0.2, 0.25) is 11.8 Å². The highest BCUT2D eigenvalue weighted by molar-refractivity contribution is 5.96. The van der Waals surface area contributed by atoms with Crippen LogP contribution in [-0.2, 0) is 20.7 Å². The fraction of sp³-hybridized carbons (Fsp3) is 0.462. The average Bonchev–Trinajstić information content (AvgIpc) is 3.14. The number of ether oxygens (including phenoxy) is 1. The van der Waals surface area contributed by atoms with Gasteiger partial charge in [0.15, 0.2) is 0 Å². The third kappa shape index (κ3) is 5.34. The molecule has 2 aromatic carbocycles. The van der Waals surface area contributed by atoms with E-state index in [1.165, 1.54) is 5.56 Å². The molecule has 0 radical (unpaired) electrons. The van der Waals surface area contributed by atoms with Gasteiger partial charge in [0.1, 0.15) is 0 Å². The first-order chi connectivity index (χ1) is 14.8. The molecule has 0 aromatic heterocycles. The first-order valence-corrected chi connectivity index (χ1v) is 11.2. The summed E-state index contributed by atoms with van der Waals surface area (Å²) >= 11 is 0. The van der Waals surface area contributed by atoms with Gasteiger partial charge in [0.25, 0.3) is 0 Å². The highest BCUT2D eigenvalue weighted by atomic mass is 16.5. The predicted octanol–water partition coefficient (Wildman–Crippen LogP) is 4.96. The predicted molar refractivity (Wildman–Crippen MR) is 123 cm³/mol. The molecule has 164 valence electrons. The third-order valence-corrected chi connectivity index (χ3v) is 6.42. The summed E-state index contributed by atoms with van der Waals surface area (Å²) in [6, 6.07) is 18.0. The van der Waals surface area contributed by atoms with Gasteiger partial charge in [-0.3, -0.25) is 9.59 Å². The third-order valence-electron chi connectivity index (χ3n) is 6.42. The van der Waals surface area contributed by atoms with Gasteiger partial charge in [0.05, 0.1) is 5.60 Å². The summed E-state index contributed by atoms with van der Waals surface area (Å²) in [5.74, 6) is 0.195. The quantitative estimate of drug-likeness (QED) is 0.719. The van der Waals surface area contributed by atoms with E-state index in [0.717, 1.165) is 43.6 Å². The summed E-state index contributed by atoms with van der Waals surface area (Å²) in [5, 5.41) is 3.07. The number of nitrogens with one attached hydrogen (secondary N) is 1.